The third kappa shape index (κ3) is 6.59. The van der Waals surface area contributed by atoms with E-state index in [1.54, 1.807) is 50.4 Å². The minimum absolute atomic E-state index is 0.0610. The molecule has 0 spiro atoms. The highest BCUT2D eigenvalue weighted by Gasteiger charge is 2.24. The minimum Gasteiger partial charge on any atom is -0.497 e. The highest BCUT2D eigenvalue weighted by Crippen LogP contribution is 2.17. The summed E-state index contributed by atoms with van der Waals surface area (Å²) >= 11 is 0. The molecule has 0 aliphatic carbocycles. The Balaban J connectivity index is 1.84. The van der Waals surface area contributed by atoms with Gasteiger partial charge in [-0.15, -0.1) is 0 Å². The molecule has 28 heavy (non-hydrogen) atoms. The monoisotopic (exact) mass is 386 g/mol. The van der Waals surface area contributed by atoms with Crippen molar-refractivity contribution in [2.24, 2.45) is 0 Å². The predicted molar refractivity (Wildman–Crippen MR) is 107 cm³/mol. The summed E-state index contributed by atoms with van der Waals surface area (Å²) in [5, 5.41) is 15.5. The van der Waals surface area contributed by atoms with E-state index >= 15 is 0 Å². The van der Waals surface area contributed by atoms with E-state index in [0.717, 1.165) is 11.3 Å². The van der Waals surface area contributed by atoms with Gasteiger partial charge in [0.05, 0.1) is 19.3 Å². The SMILES string of the molecule is CCOc1ccc(NC(=O)C(=O)NCC(C)(O)Cc2ccc(OC)cc2)cc1. The van der Waals surface area contributed by atoms with Gasteiger partial charge in [0.25, 0.3) is 0 Å². The van der Waals surface area contributed by atoms with Gasteiger partial charge in [-0.05, 0) is 55.8 Å². The smallest absolute Gasteiger partial charge is 0.313 e. The Hall–Kier alpha value is -3.06. The van der Waals surface area contributed by atoms with E-state index < -0.39 is 17.4 Å². The maximum absolute atomic E-state index is 12.0. The van der Waals surface area contributed by atoms with Gasteiger partial charge in [0, 0.05) is 18.7 Å². The number of methoxy groups -OCH3 is 1. The van der Waals surface area contributed by atoms with Crippen molar-refractivity contribution in [3.05, 3.63) is 54.1 Å². The van der Waals surface area contributed by atoms with Crippen molar-refractivity contribution >= 4 is 17.5 Å². The van der Waals surface area contributed by atoms with Crippen LogP contribution >= 0.6 is 0 Å². The Morgan fingerprint density at radius 2 is 1.61 bits per heavy atom. The van der Waals surface area contributed by atoms with Crippen LogP contribution in [0, 0.1) is 0 Å². The van der Waals surface area contributed by atoms with E-state index in [0.29, 0.717) is 24.5 Å². The molecule has 1 unspecified atom stereocenters. The quantitative estimate of drug-likeness (QED) is 0.604. The first-order chi connectivity index (χ1) is 13.3. The summed E-state index contributed by atoms with van der Waals surface area (Å²) < 4.78 is 10.4. The molecule has 7 nitrogen and oxygen atoms in total. The summed E-state index contributed by atoms with van der Waals surface area (Å²) in [4.78, 5) is 24.0. The van der Waals surface area contributed by atoms with E-state index in [2.05, 4.69) is 10.6 Å². The van der Waals surface area contributed by atoms with Gasteiger partial charge in [-0.1, -0.05) is 12.1 Å². The van der Waals surface area contributed by atoms with Gasteiger partial charge in [0.1, 0.15) is 11.5 Å². The lowest BCUT2D eigenvalue weighted by Crippen LogP contribution is -2.45. The number of hydrogen-bond acceptors (Lipinski definition) is 5. The molecule has 0 aliphatic rings. The zero-order valence-corrected chi connectivity index (χ0v) is 16.3. The Bertz CT molecular complexity index is 785. The summed E-state index contributed by atoms with van der Waals surface area (Å²) in [7, 11) is 1.58. The summed E-state index contributed by atoms with van der Waals surface area (Å²) in [6.45, 7) is 3.96. The molecule has 2 aromatic rings. The van der Waals surface area contributed by atoms with Crippen molar-refractivity contribution in [2.75, 3.05) is 25.6 Å². The van der Waals surface area contributed by atoms with E-state index in [1.165, 1.54) is 0 Å². The van der Waals surface area contributed by atoms with Gasteiger partial charge in [0.2, 0.25) is 0 Å². The molecule has 0 radical (unpaired) electrons. The Morgan fingerprint density at radius 3 is 2.18 bits per heavy atom. The normalized spacial score (nSPS) is 12.6. The number of carbonyl (C=O) groups is 2. The third-order valence-electron chi connectivity index (χ3n) is 4.00. The number of nitrogens with one attached hydrogen (secondary N) is 2. The van der Waals surface area contributed by atoms with Gasteiger partial charge in [-0.3, -0.25) is 9.59 Å². The topological polar surface area (TPSA) is 96.9 Å². The van der Waals surface area contributed by atoms with Crippen molar-refractivity contribution in [3.63, 3.8) is 0 Å². The summed E-state index contributed by atoms with van der Waals surface area (Å²) in [6, 6.07) is 14.0. The fraction of sp³-hybridized carbons (Fsp3) is 0.333. The highest BCUT2D eigenvalue weighted by molar-refractivity contribution is 6.39. The highest BCUT2D eigenvalue weighted by atomic mass is 16.5. The van der Waals surface area contributed by atoms with Gasteiger partial charge >= 0.3 is 11.8 Å². The van der Waals surface area contributed by atoms with Crippen LogP contribution in [0.5, 0.6) is 11.5 Å². The van der Waals surface area contributed by atoms with Crippen LogP contribution in [-0.4, -0.2) is 42.8 Å². The third-order valence-corrected chi connectivity index (χ3v) is 4.00. The van der Waals surface area contributed by atoms with E-state index in [4.69, 9.17) is 9.47 Å². The van der Waals surface area contributed by atoms with E-state index in [-0.39, 0.29) is 6.54 Å². The van der Waals surface area contributed by atoms with Crippen molar-refractivity contribution in [1.29, 1.82) is 0 Å². The Labute approximate surface area is 164 Å². The molecule has 0 saturated carbocycles. The lowest BCUT2D eigenvalue weighted by molar-refractivity contribution is -0.136. The van der Waals surface area contributed by atoms with Gasteiger partial charge in [-0.2, -0.15) is 0 Å². The average Bonchev–Trinajstić information content (AvgIpc) is 2.68. The number of amides is 2. The van der Waals surface area contributed by atoms with E-state index in [9.17, 15) is 14.7 Å². The van der Waals surface area contributed by atoms with Crippen LogP contribution in [0.2, 0.25) is 0 Å². The number of rotatable bonds is 8. The minimum atomic E-state index is -1.20. The molecule has 0 heterocycles. The summed E-state index contributed by atoms with van der Waals surface area (Å²) in [5.41, 5.74) is 0.163. The molecule has 0 bridgehead atoms. The molecule has 0 fully saturated rings. The molecule has 2 rings (SSSR count). The first kappa shape index (κ1) is 21.2. The largest absolute Gasteiger partial charge is 0.497 e. The number of hydrogen-bond donors (Lipinski definition) is 3. The maximum Gasteiger partial charge on any atom is 0.313 e. The predicted octanol–water partition coefficient (Wildman–Crippen LogP) is 2.14. The molecule has 0 aliphatic heterocycles. The van der Waals surface area contributed by atoms with Crippen molar-refractivity contribution < 1.29 is 24.2 Å². The second-order valence-electron chi connectivity index (χ2n) is 6.62. The van der Waals surface area contributed by atoms with Crippen molar-refractivity contribution in [1.82, 2.24) is 5.32 Å². The average molecular weight is 386 g/mol. The number of carbonyl (C=O) groups excluding carboxylic acids is 2. The molecule has 0 aromatic heterocycles. The lowest BCUT2D eigenvalue weighted by atomic mass is 9.96. The molecule has 3 N–H and O–H groups in total. The first-order valence-electron chi connectivity index (χ1n) is 9.00. The summed E-state index contributed by atoms with van der Waals surface area (Å²) in [5.74, 6) is -0.213. The van der Waals surface area contributed by atoms with Gasteiger partial charge in [-0.25, -0.2) is 0 Å². The van der Waals surface area contributed by atoms with Crippen LogP contribution in [0.15, 0.2) is 48.5 Å². The van der Waals surface area contributed by atoms with Crippen molar-refractivity contribution in [2.45, 2.75) is 25.9 Å². The molecule has 1 atom stereocenters. The van der Waals surface area contributed by atoms with Crippen LogP contribution in [0.4, 0.5) is 5.69 Å². The van der Waals surface area contributed by atoms with Crippen LogP contribution in [0.3, 0.4) is 0 Å². The number of anilines is 1. The number of ether oxygens (including phenoxy) is 2. The zero-order chi connectivity index (χ0) is 20.6. The van der Waals surface area contributed by atoms with Gasteiger partial charge < -0.3 is 25.2 Å². The van der Waals surface area contributed by atoms with E-state index in [1.807, 2.05) is 19.1 Å². The fourth-order valence-corrected chi connectivity index (χ4v) is 2.59. The van der Waals surface area contributed by atoms with Crippen LogP contribution in [0.1, 0.15) is 19.4 Å². The van der Waals surface area contributed by atoms with Gasteiger partial charge in [0.15, 0.2) is 0 Å². The Kier molecular flexibility index (Phi) is 7.40. The Morgan fingerprint density at radius 1 is 1.00 bits per heavy atom. The molecule has 7 heteroatoms. The molecule has 2 amide bonds. The number of aliphatic hydroxyl groups is 1. The molecular formula is C21H26N2O5. The second kappa shape index (κ2) is 9.75. The molecule has 0 saturated heterocycles. The molecule has 150 valence electrons. The lowest BCUT2D eigenvalue weighted by Gasteiger charge is -2.23. The summed E-state index contributed by atoms with van der Waals surface area (Å²) in [6.07, 6.45) is 0.317. The number of benzene rings is 2. The zero-order valence-electron chi connectivity index (χ0n) is 16.3. The molecular weight excluding hydrogens is 360 g/mol. The van der Waals surface area contributed by atoms with Crippen LogP contribution in [-0.2, 0) is 16.0 Å². The second-order valence-corrected chi connectivity index (χ2v) is 6.62. The van der Waals surface area contributed by atoms with Crippen LogP contribution < -0.4 is 20.1 Å². The maximum atomic E-state index is 12.0. The van der Waals surface area contributed by atoms with Crippen LogP contribution in [0.25, 0.3) is 0 Å². The first-order valence-corrected chi connectivity index (χ1v) is 9.00. The standard InChI is InChI=1S/C21H26N2O5/c1-4-28-18-11-7-16(8-12-18)23-20(25)19(24)22-14-21(2,26)13-15-5-9-17(27-3)10-6-15/h5-12,26H,4,13-14H2,1-3H3,(H,22,24)(H,23,25). The fourth-order valence-electron chi connectivity index (χ4n) is 2.59. The molecule has 2 aromatic carbocycles. The van der Waals surface area contributed by atoms with Crippen molar-refractivity contribution in [3.8, 4) is 11.5 Å².